The standard InChI is InChI=1S/C14H19N3O4/c1-18-11-7-13(20-3)12(19-2)6-10(11)8-15-5-4-14-16-9-17-21-14/h6-7,9,15H,4-5,8H2,1-3H3. The van der Waals surface area contributed by atoms with Crippen molar-refractivity contribution < 1.29 is 18.7 Å². The lowest BCUT2D eigenvalue weighted by molar-refractivity contribution is 0.347. The van der Waals surface area contributed by atoms with Crippen molar-refractivity contribution >= 4 is 0 Å². The molecule has 0 radical (unpaired) electrons. The lowest BCUT2D eigenvalue weighted by Crippen LogP contribution is -2.17. The quantitative estimate of drug-likeness (QED) is 0.737. The van der Waals surface area contributed by atoms with E-state index in [2.05, 4.69) is 15.5 Å². The van der Waals surface area contributed by atoms with Gasteiger partial charge in [-0.3, -0.25) is 0 Å². The third kappa shape index (κ3) is 3.85. The van der Waals surface area contributed by atoms with Crippen molar-refractivity contribution in [3.63, 3.8) is 0 Å². The number of benzene rings is 1. The van der Waals surface area contributed by atoms with Crippen LogP contribution in [-0.2, 0) is 13.0 Å². The van der Waals surface area contributed by atoms with Crippen LogP contribution in [0.3, 0.4) is 0 Å². The van der Waals surface area contributed by atoms with Gasteiger partial charge in [-0.2, -0.15) is 4.98 Å². The Morgan fingerprint density at radius 1 is 1.05 bits per heavy atom. The molecule has 0 atom stereocenters. The first-order valence-electron chi connectivity index (χ1n) is 6.53. The molecule has 0 fully saturated rings. The van der Waals surface area contributed by atoms with E-state index in [1.54, 1.807) is 21.3 Å². The van der Waals surface area contributed by atoms with E-state index in [0.29, 0.717) is 30.4 Å². The second-order valence-corrected chi connectivity index (χ2v) is 4.28. The van der Waals surface area contributed by atoms with Crippen molar-refractivity contribution in [2.24, 2.45) is 0 Å². The lowest BCUT2D eigenvalue weighted by Gasteiger charge is -2.14. The maximum atomic E-state index is 5.37. The van der Waals surface area contributed by atoms with Gasteiger partial charge in [-0.25, -0.2) is 0 Å². The average Bonchev–Trinajstić information content (AvgIpc) is 3.04. The van der Waals surface area contributed by atoms with Crippen molar-refractivity contribution in [3.05, 3.63) is 29.9 Å². The Labute approximate surface area is 123 Å². The number of hydrogen-bond donors (Lipinski definition) is 1. The molecule has 21 heavy (non-hydrogen) atoms. The first-order valence-corrected chi connectivity index (χ1v) is 6.53. The number of nitrogens with one attached hydrogen (secondary N) is 1. The molecule has 7 nitrogen and oxygen atoms in total. The Kier molecular flexibility index (Phi) is 5.39. The molecule has 7 heteroatoms. The van der Waals surface area contributed by atoms with Gasteiger partial charge in [0.25, 0.3) is 0 Å². The van der Waals surface area contributed by atoms with Crippen molar-refractivity contribution in [2.75, 3.05) is 27.9 Å². The molecule has 1 heterocycles. The fourth-order valence-electron chi connectivity index (χ4n) is 1.96. The molecule has 0 aliphatic rings. The van der Waals surface area contributed by atoms with Gasteiger partial charge in [0.15, 0.2) is 17.8 Å². The highest BCUT2D eigenvalue weighted by Crippen LogP contribution is 2.34. The molecule has 2 rings (SSSR count). The van der Waals surface area contributed by atoms with Crippen molar-refractivity contribution in [3.8, 4) is 17.2 Å². The SMILES string of the molecule is COc1cc(OC)c(OC)cc1CNCCc1ncno1. The maximum absolute atomic E-state index is 5.37. The molecule has 0 amide bonds. The summed E-state index contributed by atoms with van der Waals surface area (Å²) in [6.45, 7) is 1.36. The Bertz CT molecular complexity index is 558. The largest absolute Gasteiger partial charge is 0.496 e. The number of hydrogen-bond acceptors (Lipinski definition) is 7. The molecule has 114 valence electrons. The van der Waals surface area contributed by atoms with E-state index >= 15 is 0 Å². The number of methoxy groups -OCH3 is 3. The summed E-state index contributed by atoms with van der Waals surface area (Å²) in [6.07, 6.45) is 2.07. The summed E-state index contributed by atoms with van der Waals surface area (Å²) >= 11 is 0. The highest BCUT2D eigenvalue weighted by Gasteiger charge is 2.11. The summed E-state index contributed by atoms with van der Waals surface area (Å²) in [6, 6.07) is 3.71. The van der Waals surface area contributed by atoms with Crippen LogP contribution in [0.1, 0.15) is 11.5 Å². The zero-order valence-corrected chi connectivity index (χ0v) is 12.4. The molecular formula is C14H19N3O4. The van der Waals surface area contributed by atoms with Gasteiger partial charge in [-0.15, -0.1) is 0 Å². The van der Waals surface area contributed by atoms with Crippen LogP contribution in [0.25, 0.3) is 0 Å². The van der Waals surface area contributed by atoms with Crippen LogP contribution >= 0.6 is 0 Å². The third-order valence-corrected chi connectivity index (χ3v) is 3.02. The molecule has 0 unspecified atom stereocenters. The molecular weight excluding hydrogens is 274 g/mol. The van der Waals surface area contributed by atoms with Crippen LogP contribution in [0.5, 0.6) is 17.2 Å². The van der Waals surface area contributed by atoms with Crippen molar-refractivity contribution in [1.82, 2.24) is 15.5 Å². The molecule has 0 aliphatic carbocycles. The van der Waals surface area contributed by atoms with Crippen LogP contribution in [-0.4, -0.2) is 38.0 Å². The van der Waals surface area contributed by atoms with E-state index in [1.165, 1.54) is 6.33 Å². The smallest absolute Gasteiger partial charge is 0.227 e. The van der Waals surface area contributed by atoms with E-state index < -0.39 is 0 Å². The summed E-state index contributed by atoms with van der Waals surface area (Å²) in [5.41, 5.74) is 0.987. The molecule has 0 saturated heterocycles. The molecule has 0 saturated carbocycles. The minimum Gasteiger partial charge on any atom is -0.496 e. The number of nitrogens with zero attached hydrogens (tertiary/aromatic N) is 2. The van der Waals surface area contributed by atoms with Crippen LogP contribution in [0.4, 0.5) is 0 Å². The van der Waals surface area contributed by atoms with Gasteiger partial charge < -0.3 is 24.1 Å². The summed E-state index contributed by atoms with van der Waals surface area (Å²) < 4.78 is 20.9. The highest BCUT2D eigenvalue weighted by molar-refractivity contribution is 5.50. The molecule has 1 aromatic heterocycles. The lowest BCUT2D eigenvalue weighted by atomic mass is 10.1. The molecule has 0 bridgehead atoms. The summed E-state index contributed by atoms with van der Waals surface area (Å²) in [5, 5.41) is 6.86. The van der Waals surface area contributed by atoms with Crippen LogP contribution in [0.15, 0.2) is 23.0 Å². The number of ether oxygens (including phenoxy) is 3. The van der Waals surface area contributed by atoms with Gasteiger partial charge >= 0.3 is 0 Å². The fourth-order valence-corrected chi connectivity index (χ4v) is 1.96. The molecule has 1 N–H and O–H groups in total. The minimum absolute atomic E-state index is 0.613. The fraction of sp³-hybridized carbons (Fsp3) is 0.429. The van der Waals surface area contributed by atoms with Crippen molar-refractivity contribution in [2.45, 2.75) is 13.0 Å². The zero-order chi connectivity index (χ0) is 15.1. The normalized spacial score (nSPS) is 10.4. The minimum atomic E-state index is 0.613. The van der Waals surface area contributed by atoms with E-state index in [0.717, 1.165) is 17.9 Å². The predicted molar refractivity (Wildman–Crippen MR) is 75.8 cm³/mol. The van der Waals surface area contributed by atoms with Crippen LogP contribution in [0.2, 0.25) is 0 Å². The van der Waals surface area contributed by atoms with Gasteiger partial charge in [-0.1, -0.05) is 5.16 Å². The second-order valence-electron chi connectivity index (χ2n) is 4.28. The molecule has 1 aromatic carbocycles. The first-order chi connectivity index (χ1) is 10.3. The van der Waals surface area contributed by atoms with E-state index in [9.17, 15) is 0 Å². The topological polar surface area (TPSA) is 78.6 Å². The van der Waals surface area contributed by atoms with Crippen LogP contribution in [0, 0.1) is 0 Å². The highest BCUT2D eigenvalue weighted by atomic mass is 16.5. The van der Waals surface area contributed by atoms with E-state index in [1.807, 2.05) is 12.1 Å². The zero-order valence-electron chi connectivity index (χ0n) is 12.4. The van der Waals surface area contributed by atoms with Gasteiger partial charge in [0.1, 0.15) is 5.75 Å². The molecule has 0 spiro atoms. The Balaban J connectivity index is 1.97. The Hall–Kier alpha value is -2.28. The van der Waals surface area contributed by atoms with Gasteiger partial charge in [0, 0.05) is 31.1 Å². The van der Waals surface area contributed by atoms with Crippen LogP contribution < -0.4 is 19.5 Å². The summed E-state index contributed by atoms with van der Waals surface area (Å²) in [7, 11) is 4.83. The summed E-state index contributed by atoms with van der Waals surface area (Å²) in [4.78, 5) is 3.97. The Morgan fingerprint density at radius 2 is 1.76 bits per heavy atom. The van der Waals surface area contributed by atoms with Crippen molar-refractivity contribution in [1.29, 1.82) is 0 Å². The second kappa shape index (κ2) is 7.49. The first kappa shape index (κ1) is 15.1. The van der Waals surface area contributed by atoms with E-state index in [-0.39, 0.29) is 0 Å². The molecule has 0 aliphatic heterocycles. The van der Waals surface area contributed by atoms with E-state index in [4.69, 9.17) is 18.7 Å². The van der Waals surface area contributed by atoms with Gasteiger partial charge in [0.05, 0.1) is 21.3 Å². The van der Waals surface area contributed by atoms with Gasteiger partial charge in [0.2, 0.25) is 5.89 Å². The Morgan fingerprint density at radius 3 is 2.38 bits per heavy atom. The molecule has 2 aromatic rings. The number of rotatable bonds is 8. The monoisotopic (exact) mass is 293 g/mol. The third-order valence-electron chi connectivity index (χ3n) is 3.02. The number of aromatic nitrogens is 2. The average molecular weight is 293 g/mol. The maximum Gasteiger partial charge on any atom is 0.227 e. The summed E-state index contributed by atoms with van der Waals surface area (Å²) in [5.74, 6) is 2.68. The van der Waals surface area contributed by atoms with Gasteiger partial charge in [-0.05, 0) is 6.07 Å². The predicted octanol–water partition coefficient (Wildman–Crippen LogP) is 1.43.